The van der Waals surface area contributed by atoms with Gasteiger partial charge >= 0.3 is 0 Å². The van der Waals surface area contributed by atoms with Crippen LogP contribution < -0.4 is 11.3 Å². The smallest absolute Gasteiger partial charge is 0.162 e. The Morgan fingerprint density at radius 2 is 2.54 bits per heavy atom. The van der Waals surface area contributed by atoms with E-state index in [4.69, 9.17) is 5.84 Å². The maximum absolute atomic E-state index is 5.32. The summed E-state index contributed by atoms with van der Waals surface area (Å²) >= 11 is 3.37. The number of pyridine rings is 1. The predicted octanol–water partition coefficient (Wildman–Crippen LogP) is 1.07. The number of hydrogen-bond acceptors (Lipinski definition) is 3. The Hall–Kier alpha value is -0.940. The Bertz CT molecular complexity index is 311. The molecule has 1 heterocycles. The van der Waals surface area contributed by atoms with Gasteiger partial charge in [0, 0.05) is 17.2 Å². The summed E-state index contributed by atoms with van der Waals surface area (Å²) in [4.78, 5) is 8.31. The lowest BCUT2D eigenvalue weighted by Crippen LogP contribution is -2.32. The van der Waals surface area contributed by atoms with Gasteiger partial charge in [0.05, 0.1) is 0 Å². The van der Waals surface area contributed by atoms with Gasteiger partial charge in [0.2, 0.25) is 0 Å². The lowest BCUT2D eigenvalue weighted by Gasteiger charge is -2.05. The normalized spacial score (nSPS) is 11.5. The van der Waals surface area contributed by atoms with Crippen LogP contribution in [0.4, 0.5) is 0 Å². The Morgan fingerprint density at radius 1 is 1.77 bits per heavy atom. The first kappa shape index (κ1) is 10.1. The second-order valence-corrected chi connectivity index (χ2v) is 3.16. The highest BCUT2D eigenvalue weighted by molar-refractivity contribution is 9.10. The fourth-order valence-electron chi connectivity index (χ4n) is 0.907. The van der Waals surface area contributed by atoms with Gasteiger partial charge in [0.25, 0.3) is 0 Å². The predicted molar refractivity (Wildman–Crippen MR) is 56.3 cm³/mol. The third-order valence-corrected chi connectivity index (χ3v) is 2.08. The van der Waals surface area contributed by atoms with Crippen molar-refractivity contribution in [3.05, 3.63) is 28.5 Å². The van der Waals surface area contributed by atoms with E-state index in [1.165, 1.54) is 0 Å². The van der Waals surface area contributed by atoms with Crippen molar-refractivity contribution in [3.63, 3.8) is 0 Å². The lowest BCUT2D eigenvalue weighted by molar-refractivity contribution is 0.979. The quantitative estimate of drug-likeness (QED) is 0.353. The van der Waals surface area contributed by atoms with Crippen LogP contribution in [0.15, 0.2) is 27.8 Å². The molecule has 0 radical (unpaired) electrons. The first-order valence-corrected chi connectivity index (χ1v) is 4.70. The number of aromatic nitrogens is 1. The number of nitrogens with one attached hydrogen (secondary N) is 1. The van der Waals surface area contributed by atoms with Crippen LogP contribution in [0.25, 0.3) is 0 Å². The number of hydrogen-bond donors (Lipinski definition) is 2. The molecule has 0 saturated heterocycles. The number of nitrogens with two attached hydrogens (primary N) is 1. The van der Waals surface area contributed by atoms with Gasteiger partial charge in [-0.3, -0.25) is 9.98 Å². The highest BCUT2D eigenvalue weighted by atomic mass is 79.9. The third-order valence-electron chi connectivity index (χ3n) is 1.44. The first-order valence-electron chi connectivity index (χ1n) is 3.91. The van der Waals surface area contributed by atoms with E-state index in [1.54, 1.807) is 6.20 Å². The van der Waals surface area contributed by atoms with Crippen LogP contribution >= 0.6 is 15.9 Å². The molecule has 0 aliphatic heterocycles. The topological polar surface area (TPSA) is 63.3 Å². The minimum atomic E-state index is 0.593. The van der Waals surface area contributed by atoms with Crippen molar-refractivity contribution in [2.75, 3.05) is 6.54 Å². The summed E-state index contributed by atoms with van der Waals surface area (Å²) in [6.45, 7) is 2.61. The van der Waals surface area contributed by atoms with Crippen molar-refractivity contribution in [2.45, 2.75) is 6.92 Å². The molecule has 0 bridgehead atoms. The monoisotopic (exact) mass is 242 g/mol. The molecular formula is C8H11BrN4. The lowest BCUT2D eigenvalue weighted by atomic mass is 10.3. The van der Waals surface area contributed by atoms with E-state index in [-0.39, 0.29) is 0 Å². The number of amidine groups is 1. The molecule has 0 saturated carbocycles. The summed E-state index contributed by atoms with van der Waals surface area (Å²) in [6, 6.07) is 3.73. The standard InChI is InChI=1S/C8H11BrN4/c1-2-11-8(13-10)7-6(9)4-3-5-12-7/h3-5H,2,10H2,1H3,(H,11,13). The molecular weight excluding hydrogens is 232 g/mol. The summed E-state index contributed by atoms with van der Waals surface area (Å²) in [5, 5.41) is 0. The average molecular weight is 243 g/mol. The second kappa shape index (κ2) is 4.94. The van der Waals surface area contributed by atoms with Gasteiger partial charge in [0.15, 0.2) is 5.84 Å². The largest absolute Gasteiger partial charge is 0.307 e. The Balaban J connectivity index is 3.05. The summed E-state index contributed by atoms with van der Waals surface area (Å²) < 4.78 is 0.875. The number of rotatable bonds is 2. The van der Waals surface area contributed by atoms with E-state index in [0.29, 0.717) is 12.4 Å². The van der Waals surface area contributed by atoms with Crippen molar-refractivity contribution in [1.82, 2.24) is 10.4 Å². The van der Waals surface area contributed by atoms with Crippen molar-refractivity contribution in [3.8, 4) is 0 Å². The Morgan fingerprint density at radius 3 is 3.08 bits per heavy atom. The van der Waals surface area contributed by atoms with Gasteiger partial charge in [-0.15, -0.1) is 0 Å². The molecule has 0 aromatic carbocycles. The molecule has 1 rings (SSSR count). The fraction of sp³-hybridized carbons (Fsp3) is 0.250. The van der Waals surface area contributed by atoms with E-state index < -0.39 is 0 Å². The zero-order valence-corrected chi connectivity index (χ0v) is 8.87. The molecule has 1 aromatic heterocycles. The van der Waals surface area contributed by atoms with E-state index in [1.807, 2.05) is 19.1 Å². The van der Waals surface area contributed by atoms with Crippen molar-refractivity contribution >= 4 is 21.8 Å². The van der Waals surface area contributed by atoms with Crippen molar-refractivity contribution in [2.24, 2.45) is 10.8 Å². The molecule has 0 atom stereocenters. The molecule has 0 spiro atoms. The van der Waals surface area contributed by atoms with Crippen LogP contribution in [0.5, 0.6) is 0 Å². The minimum absolute atomic E-state index is 0.593. The maximum Gasteiger partial charge on any atom is 0.162 e. The van der Waals surface area contributed by atoms with Crippen LogP contribution in [0.1, 0.15) is 12.6 Å². The SMILES string of the molecule is CCN=C(NN)c1ncccc1Br. The van der Waals surface area contributed by atoms with Crippen LogP contribution in [-0.4, -0.2) is 17.4 Å². The number of hydrazine groups is 1. The number of aliphatic imine (C=N–C) groups is 1. The van der Waals surface area contributed by atoms with E-state index in [9.17, 15) is 0 Å². The molecule has 70 valence electrons. The van der Waals surface area contributed by atoms with Gasteiger partial charge in [-0.1, -0.05) is 0 Å². The first-order chi connectivity index (χ1) is 6.29. The summed E-state index contributed by atoms with van der Waals surface area (Å²) in [5.74, 6) is 5.91. The molecule has 4 nitrogen and oxygen atoms in total. The van der Waals surface area contributed by atoms with Gasteiger partial charge in [-0.25, -0.2) is 5.84 Å². The van der Waals surface area contributed by atoms with Gasteiger partial charge in [-0.2, -0.15) is 0 Å². The molecule has 13 heavy (non-hydrogen) atoms. The third kappa shape index (κ3) is 2.50. The summed E-state index contributed by atoms with van der Waals surface area (Å²) in [6.07, 6.45) is 1.70. The van der Waals surface area contributed by atoms with E-state index >= 15 is 0 Å². The maximum atomic E-state index is 5.32. The molecule has 3 N–H and O–H groups in total. The van der Waals surface area contributed by atoms with Crippen LogP contribution in [0.3, 0.4) is 0 Å². The highest BCUT2D eigenvalue weighted by Gasteiger charge is 2.05. The van der Waals surface area contributed by atoms with Crippen molar-refractivity contribution in [1.29, 1.82) is 0 Å². The van der Waals surface area contributed by atoms with Gasteiger partial charge < -0.3 is 5.43 Å². The highest BCUT2D eigenvalue weighted by Crippen LogP contribution is 2.12. The molecule has 1 aromatic rings. The summed E-state index contributed by atoms with van der Waals surface area (Å²) in [5.41, 5.74) is 3.25. The second-order valence-electron chi connectivity index (χ2n) is 2.30. The molecule has 5 heteroatoms. The van der Waals surface area contributed by atoms with E-state index in [2.05, 4.69) is 31.3 Å². The molecule has 0 unspecified atom stereocenters. The zero-order valence-electron chi connectivity index (χ0n) is 7.29. The number of nitrogens with zero attached hydrogens (tertiary/aromatic N) is 2. The van der Waals surface area contributed by atoms with Crippen LogP contribution in [0.2, 0.25) is 0 Å². The average Bonchev–Trinajstić information content (AvgIpc) is 2.16. The molecule has 0 amide bonds. The van der Waals surface area contributed by atoms with Gasteiger partial charge in [0.1, 0.15) is 5.69 Å². The summed E-state index contributed by atoms with van der Waals surface area (Å²) in [7, 11) is 0. The zero-order chi connectivity index (χ0) is 9.68. The number of halogens is 1. The fourth-order valence-corrected chi connectivity index (χ4v) is 1.35. The molecule has 0 fully saturated rings. The van der Waals surface area contributed by atoms with E-state index in [0.717, 1.165) is 10.2 Å². The molecule has 0 aliphatic rings. The minimum Gasteiger partial charge on any atom is -0.307 e. The van der Waals surface area contributed by atoms with Gasteiger partial charge in [-0.05, 0) is 35.0 Å². The molecule has 0 aliphatic carbocycles. The Labute approximate surface area is 85.4 Å². The Kier molecular flexibility index (Phi) is 3.85. The van der Waals surface area contributed by atoms with Crippen LogP contribution in [-0.2, 0) is 0 Å². The van der Waals surface area contributed by atoms with Crippen molar-refractivity contribution < 1.29 is 0 Å². The van der Waals surface area contributed by atoms with Crippen LogP contribution in [0, 0.1) is 0 Å².